The van der Waals surface area contributed by atoms with Gasteiger partial charge in [0.05, 0.1) is 12.2 Å². The number of para-hydroxylation sites is 1. The lowest BCUT2D eigenvalue weighted by Gasteiger charge is -2.17. The maximum atomic E-state index is 12.8. The molecule has 6 nitrogen and oxygen atoms in total. The van der Waals surface area contributed by atoms with E-state index in [1.165, 1.54) is 0 Å². The summed E-state index contributed by atoms with van der Waals surface area (Å²) in [5.74, 6) is 0.00261. The molecule has 0 aromatic heterocycles. The van der Waals surface area contributed by atoms with Crippen molar-refractivity contribution in [2.75, 3.05) is 23.9 Å². The lowest BCUT2D eigenvalue weighted by molar-refractivity contribution is 0.0970. The Balaban J connectivity index is 1.61. The van der Waals surface area contributed by atoms with Crippen molar-refractivity contribution in [1.82, 2.24) is 5.32 Å². The maximum absolute atomic E-state index is 12.8. The Labute approximate surface area is 213 Å². The monoisotopic (exact) mass is 539 g/mol. The predicted molar refractivity (Wildman–Crippen MR) is 144 cm³/mol. The molecule has 0 unspecified atom stereocenters. The van der Waals surface area contributed by atoms with Crippen molar-refractivity contribution < 1.29 is 14.3 Å². The SMILES string of the molecule is CCCCOc1ccc(Br)cc1C(=O)NC(=S)Nc1ccc(C(=O)N(C)c2ccccc2)cc1. The van der Waals surface area contributed by atoms with E-state index in [1.807, 2.05) is 36.4 Å². The molecule has 8 heteroatoms. The highest BCUT2D eigenvalue weighted by Crippen LogP contribution is 2.24. The lowest BCUT2D eigenvalue weighted by Crippen LogP contribution is -2.34. The molecule has 3 aromatic carbocycles. The standard InChI is InChI=1S/C26H26BrN3O3S/c1-3-4-16-33-23-15-12-19(27)17-22(23)24(31)29-26(34)28-20-13-10-18(11-14-20)25(32)30(2)21-8-6-5-7-9-21/h5-15,17H,3-4,16H2,1-2H3,(H2,28,29,31,34). The van der Waals surface area contributed by atoms with E-state index in [9.17, 15) is 9.59 Å². The van der Waals surface area contributed by atoms with Crippen molar-refractivity contribution in [2.24, 2.45) is 0 Å². The van der Waals surface area contributed by atoms with Crippen LogP contribution in [-0.2, 0) is 0 Å². The molecule has 0 saturated heterocycles. The maximum Gasteiger partial charge on any atom is 0.261 e. The minimum Gasteiger partial charge on any atom is -0.493 e. The number of carbonyl (C=O) groups excluding carboxylic acids is 2. The van der Waals surface area contributed by atoms with Crippen molar-refractivity contribution in [3.8, 4) is 5.75 Å². The van der Waals surface area contributed by atoms with Crippen LogP contribution in [0.25, 0.3) is 0 Å². The molecule has 2 amide bonds. The highest BCUT2D eigenvalue weighted by Gasteiger charge is 2.16. The van der Waals surface area contributed by atoms with Gasteiger partial charge in [0.25, 0.3) is 11.8 Å². The van der Waals surface area contributed by atoms with E-state index in [1.54, 1.807) is 48.3 Å². The third-order valence-corrected chi connectivity index (χ3v) is 5.70. The average Bonchev–Trinajstić information content (AvgIpc) is 2.85. The average molecular weight is 540 g/mol. The van der Waals surface area contributed by atoms with Gasteiger partial charge in [0.1, 0.15) is 5.75 Å². The third kappa shape index (κ3) is 6.88. The normalized spacial score (nSPS) is 10.3. The van der Waals surface area contributed by atoms with Gasteiger partial charge in [-0.1, -0.05) is 47.5 Å². The Hall–Kier alpha value is -3.23. The molecular formula is C26H26BrN3O3S. The summed E-state index contributed by atoms with van der Waals surface area (Å²) in [5, 5.41) is 5.81. The van der Waals surface area contributed by atoms with Crippen LogP contribution in [0.3, 0.4) is 0 Å². The summed E-state index contributed by atoms with van der Waals surface area (Å²) in [5.41, 5.74) is 2.39. The molecule has 3 aromatic rings. The van der Waals surface area contributed by atoms with Crippen LogP contribution in [0.2, 0.25) is 0 Å². The van der Waals surface area contributed by atoms with E-state index >= 15 is 0 Å². The molecule has 0 aliphatic heterocycles. The van der Waals surface area contributed by atoms with Gasteiger partial charge >= 0.3 is 0 Å². The van der Waals surface area contributed by atoms with E-state index in [0.717, 1.165) is 23.0 Å². The molecule has 0 heterocycles. The molecule has 0 aliphatic carbocycles. The number of ether oxygens (including phenoxy) is 1. The summed E-state index contributed by atoms with van der Waals surface area (Å²) >= 11 is 8.71. The second-order valence-corrected chi connectivity index (χ2v) is 8.85. The Morgan fingerprint density at radius 2 is 1.74 bits per heavy atom. The number of unbranched alkanes of at least 4 members (excludes halogenated alkanes) is 1. The van der Waals surface area contributed by atoms with Gasteiger partial charge in [-0.15, -0.1) is 0 Å². The Kier molecular flexibility index (Phi) is 9.18. The number of halogens is 1. The first-order valence-electron chi connectivity index (χ1n) is 10.9. The highest BCUT2D eigenvalue weighted by molar-refractivity contribution is 9.10. The van der Waals surface area contributed by atoms with Crippen LogP contribution in [0.5, 0.6) is 5.75 Å². The molecule has 0 saturated carbocycles. The number of hydrogen-bond donors (Lipinski definition) is 2. The number of anilines is 2. The quantitative estimate of drug-likeness (QED) is 0.270. The smallest absolute Gasteiger partial charge is 0.261 e. The van der Waals surface area contributed by atoms with Crippen LogP contribution in [0.15, 0.2) is 77.3 Å². The van der Waals surface area contributed by atoms with Crippen LogP contribution < -0.4 is 20.3 Å². The summed E-state index contributed by atoms with van der Waals surface area (Å²) in [7, 11) is 1.73. The van der Waals surface area contributed by atoms with Crippen LogP contribution in [-0.4, -0.2) is 30.6 Å². The van der Waals surface area contributed by atoms with Gasteiger partial charge in [-0.2, -0.15) is 0 Å². The number of rotatable bonds is 8. The van der Waals surface area contributed by atoms with Crippen molar-refractivity contribution in [1.29, 1.82) is 0 Å². The topological polar surface area (TPSA) is 70.7 Å². The van der Waals surface area contributed by atoms with Crippen molar-refractivity contribution in [2.45, 2.75) is 19.8 Å². The van der Waals surface area contributed by atoms with Gasteiger partial charge in [0.2, 0.25) is 0 Å². The van der Waals surface area contributed by atoms with E-state index in [2.05, 4.69) is 33.5 Å². The number of carbonyl (C=O) groups is 2. The first kappa shape index (κ1) is 25.4. The molecule has 0 spiro atoms. The zero-order chi connectivity index (χ0) is 24.5. The second-order valence-electron chi connectivity index (χ2n) is 7.53. The summed E-state index contributed by atoms with van der Waals surface area (Å²) < 4.78 is 6.52. The molecule has 0 fully saturated rings. The molecule has 2 N–H and O–H groups in total. The zero-order valence-electron chi connectivity index (χ0n) is 19.0. The fourth-order valence-corrected chi connectivity index (χ4v) is 3.70. The molecule has 0 radical (unpaired) electrons. The van der Waals surface area contributed by atoms with Gasteiger partial charge in [0, 0.05) is 28.5 Å². The largest absolute Gasteiger partial charge is 0.493 e. The van der Waals surface area contributed by atoms with Gasteiger partial charge in [-0.05, 0) is 73.2 Å². The van der Waals surface area contributed by atoms with Crippen molar-refractivity contribution >= 4 is 56.4 Å². The van der Waals surface area contributed by atoms with Crippen molar-refractivity contribution in [3.63, 3.8) is 0 Å². The summed E-state index contributed by atoms with van der Waals surface area (Å²) in [4.78, 5) is 27.1. The number of nitrogens with one attached hydrogen (secondary N) is 2. The number of thiocarbonyl (C=S) groups is 1. The zero-order valence-corrected chi connectivity index (χ0v) is 21.4. The number of hydrogen-bond acceptors (Lipinski definition) is 4. The minimum atomic E-state index is -0.374. The molecular weight excluding hydrogens is 514 g/mol. The molecule has 0 bridgehead atoms. The highest BCUT2D eigenvalue weighted by atomic mass is 79.9. The molecule has 0 aliphatic rings. The van der Waals surface area contributed by atoms with Crippen LogP contribution in [0, 0.1) is 0 Å². The van der Waals surface area contributed by atoms with Crippen LogP contribution >= 0.6 is 28.1 Å². The van der Waals surface area contributed by atoms with Gasteiger partial charge in [-0.25, -0.2) is 0 Å². The Bertz CT molecular complexity index is 1150. The van der Waals surface area contributed by atoms with Gasteiger partial charge < -0.3 is 15.0 Å². The van der Waals surface area contributed by atoms with Gasteiger partial charge in [0.15, 0.2) is 5.11 Å². The summed E-state index contributed by atoms with van der Waals surface area (Å²) in [6, 6.07) is 21.6. The third-order valence-electron chi connectivity index (χ3n) is 5.01. The molecule has 176 valence electrons. The first-order chi connectivity index (χ1) is 16.4. The van der Waals surface area contributed by atoms with E-state index in [-0.39, 0.29) is 16.9 Å². The van der Waals surface area contributed by atoms with Gasteiger partial charge in [-0.3, -0.25) is 14.9 Å². The molecule has 3 rings (SSSR count). The number of amides is 2. The summed E-state index contributed by atoms with van der Waals surface area (Å²) in [6.07, 6.45) is 1.90. The van der Waals surface area contributed by atoms with E-state index < -0.39 is 0 Å². The van der Waals surface area contributed by atoms with E-state index in [0.29, 0.717) is 29.2 Å². The Morgan fingerprint density at radius 3 is 2.41 bits per heavy atom. The van der Waals surface area contributed by atoms with Crippen LogP contribution in [0.4, 0.5) is 11.4 Å². The summed E-state index contributed by atoms with van der Waals surface area (Å²) in [6.45, 7) is 2.61. The lowest BCUT2D eigenvalue weighted by atomic mass is 10.1. The fourth-order valence-electron chi connectivity index (χ4n) is 3.12. The molecule has 34 heavy (non-hydrogen) atoms. The minimum absolute atomic E-state index is 0.126. The fraction of sp³-hybridized carbons (Fsp3) is 0.192. The number of benzene rings is 3. The number of nitrogens with zero attached hydrogens (tertiary/aromatic N) is 1. The first-order valence-corrected chi connectivity index (χ1v) is 12.1. The van der Waals surface area contributed by atoms with Crippen LogP contribution in [0.1, 0.15) is 40.5 Å². The molecule has 0 atom stereocenters. The Morgan fingerprint density at radius 1 is 1.03 bits per heavy atom. The van der Waals surface area contributed by atoms with E-state index in [4.69, 9.17) is 17.0 Å². The van der Waals surface area contributed by atoms with Crippen molar-refractivity contribution in [3.05, 3.63) is 88.4 Å². The predicted octanol–water partition coefficient (Wildman–Crippen LogP) is 6.03. The second kappa shape index (κ2) is 12.3.